The number of aromatic nitrogens is 2. The molecule has 22 heavy (non-hydrogen) atoms. The highest BCUT2D eigenvalue weighted by atomic mass is 16.3. The highest BCUT2D eigenvalue weighted by molar-refractivity contribution is 5.29. The molecule has 3 N–H and O–H groups in total. The van der Waals surface area contributed by atoms with Gasteiger partial charge in [0.2, 0.25) is 0 Å². The molecule has 0 bridgehead atoms. The van der Waals surface area contributed by atoms with Gasteiger partial charge in [-0.05, 0) is 24.5 Å². The number of nitrogens with one attached hydrogen (secondary N) is 2. The molecule has 0 unspecified atom stereocenters. The molecule has 1 atom stereocenters. The van der Waals surface area contributed by atoms with Crippen molar-refractivity contribution in [3.63, 3.8) is 0 Å². The van der Waals surface area contributed by atoms with Crippen molar-refractivity contribution in [3.05, 3.63) is 52.8 Å². The van der Waals surface area contributed by atoms with Crippen molar-refractivity contribution < 1.29 is 5.11 Å². The topological polar surface area (TPSA) is 64.2 Å². The van der Waals surface area contributed by atoms with Gasteiger partial charge in [0.15, 0.2) is 0 Å². The molecule has 0 fully saturated rings. The van der Waals surface area contributed by atoms with Crippen LogP contribution in [0.2, 0.25) is 0 Å². The van der Waals surface area contributed by atoms with Crippen molar-refractivity contribution in [2.75, 3.05) is 19.6 Å². The van der Waals surface area contributed by atoms with E-state index in [0.29, 0.717) is 13.1 Å². The van der Waals surface area contributed by atoms with Crippen LogP contribution in [-0.4, -0.2) is 45.9 Å². The molecule has 0 amide bonds. The summed E-state index contributed by atoms with van der Waals surface area (Å²) >= 11 is 0. The normalized spacial score (nSPS) is 16.5. The van der Waals surface area contributed by atoms with Crippen molar-refractivity contribution in [2.45, 2.75) is 32.5 Å². The van der Waals surface area contributed by atoms with E-state index in [9.17, 15) is 5.11 Å². The van der Waals surface area contributed by atoms with E-state index < -0.39 is 0 Å². The van der Waals surface area contributed by atoms with Gasteiger partial charge in [-0.15, -0.1) is 0 Å². The maximum atomic E-state index is 10.2. The Bertz CT molecular complexity index is 610. The standard InChI is InChI=1S/C17H24N4O/c1-13-16(9-19-20-13)8-18-10-17(22)12-21-7-6-14-4-2-3-5-15(14)11-21/h2-5,9,17-18,22H,6-8,10-12H2,1H3,(H,19,20)/t17-/m1/s1. The Morgan fingerprint density at radius 3 is 2.95 bits per heavy atom. The Hall–Kier alpha value is -1.69. The van der Waals surface area contributed by atoms with Gasteiger partial charge in [0, 0.05) is 44.0 Å². The zero-order chi connectivity index (χ0) is 15.4. The first-order chi connectivity index (χ1) is 10.7. The Kier molecular flexibility index (Phi) is 4.87. The van der Waals surface area contributed by atoms with Gasteiger partial charge < -0.3 is 10.4 Å². The third kappa shape index (κ3) is 3.74. The molecule has 0 saturated carbocycles. The highest BCUT2D eigenvalue weighted by Crippen LogP contribution is 2.18. The lowest BCUT2D eigenvalue weighted by atomic mass is 10.00. The SMILES string of the molecule is Cc1[nH]ncc1CNC[C@@H](O)CN1CCc2ccccc2C1. The molecule has 5 heteroatoms. The molecule has 5 nitrogen and oxygen atoms in total. The number of H-pyrrole nitrogens is 1. The fourth-order valence-electron chi connectivity index (χ4n) is 3.00. The quantitative estimate of drug-likeness (QED) is 0.751. The molecule has 118 valence electrons. The second-order valence-electron chi connectivity index (χ2n) is 6.06. The van der Waals surface area contributed by atoms with Gasteiger partial charge in [0.05, 0.1) is 12.3 Å². The number of aromatic amines is 1. The highest BCUT2D eigenvalue weighted by Gasteiger charge is 2.18. The molecular weight excluding hydrogens is 276 g/mol. The Morgan fingerprint density at radius 2 is 2.18 bits per heavy atom. The van der Waals surface area contributed by atoms with Crippen LogP contribution in [-0.2, 0) is 19.5 Å². The molecule has 1 aliphatic rings. The molecule has 3 rings (SSSR count). The third-order valence-electron chi connectivity index (χ3n) is 4.31. The summed E-state index contributed by atoms with van der Waals surface area (Å²) in [6, 6.07) is 8.59. The second-order valence-corrected chi connectivity index (χ2v) is 6.06. The molecule has 1 aromatic heterocycles. The molecule has 0 saturated heterocycles. The molecular formula is C17H24N4O. The van der Waals surface area contributed by atoms with Crippen LogP contribution in [0, 0.1) is 6.92 Å². The Morgan fingerprint density at radius 1 is 1.36 bits per heavy atom. The van der Waals surface area contributed by atoms with E-state index in [0.717, 1.165) is 37.3 Å². The van der Waals surface area contributed by atoms with Gasteiger partial charge in [0.25, 0.3) is 0 Å². The number of benzene rings is 1. The van der Waals surface area contributed by atoms with Crippen molar-refractivity contribution in [2.24, 2.45) is 0 Å². The van der Waals surface area contributed by atoms with Crippen LogP contribution in [0.5, 0.6) is 0 Å². The first-order valence-electron chi connectivity index (χ1n) is 7.89. The second kappa shape index (κ2) is 7.05. The monoisotopic (exact) mass is 300 g/mol. The average Bonchev–Trinajstić information content (AvgIpc) is 2.92. The minimum Gasteiger partial charge on any atom is -0.390 e. The first kappa shape index (κ1) is 15.2. The van der Waals surface area contributed by atoms with E-state index in [4.69, 9.17) is 0 Å². The fraction of sp³-hybridized carbons (Fsp3) is 0.471. The Labute approximate surface area is 131 Å². The molecule has 0 spiro atoms. The molecule has 1 aromatic carbocycles. The molecule has 2 heterocycles. The number of aryl methyl sites for hydroxylation is 1. The zero-order valence-electron chi connectivity index (χ0n) is 13.0. The number of fused-ring (bicyclic) bond motifs is 1. The van der Waals surface area contributed by atoms with E-state index in [2.05, 4.69) is 44.7 Å². The molecule has 2 aromatic rings. The smallest absolute Gasteiger partial charge is 0.0791 e. The number of hydrogen-bond acceptors (Lipinski definition) is 4. The van der Waals surface area contributed by atoms with Gasteiger partial charge in [-0.25, -0.2) is 0 Å². The van der Waals surface area contributed by atoms with Crippen molar-refractivity contribution in [3.8, 4) is 0 Å². The summed E-state index contributed by atoms with van der Waals surface area (Å²) < 4.78 is 0. The summed E-state index contributed by atoms with van der Waals surface area (Å²) in [5, 5.41) is 20.4. The maximum absolute atomic E-state index is 10.2. The first-order valence-corrected chi connectivity index (χ1v) is 7.89. The summed E-state index contributed by atoms with van der Waals surface area (Å²) in [7, 11) is 0. The Balaban J connectivity index is 1.43. The predicted molar refractivity (Wildman–Crippen MR) is 86.5 cm³/mol. The van der Waals surface area contributed by atoms with Crippen molar-refractivity contribution >= 4 is 0 Å². The summed E-state index contributed by atoms with van der Waals surface area (Å²) in [4.78, 5) is 2.33. The summed E-state index contributed by atoms with van der Waals surface area (Å²) in [5.41, 5.74) is 5.07. The minimum atomic E-state index is -0.350. The maximum Gasteiger partial charge on any atom is 0.0791 e. The van der Waals surface area contributed by atoms with Crippen LogP contribution in [0.1, 0.15) is 22.4 Å². The number of aliphatic hydroxyl groups excluding tert-OH is 1. The number of nitrogens with zero attached hydrogens (tertiary/aromatic N) is 2. The van der Waals surface area contributed by atoms with Gasteiger partial charge in [0.1, 0.15) is 0 Å². The van der Waals surface area contributed by atoms with Gasteiger partial charge in [-0.3, -0.25) is 10.00 Å². The van der Waals surface area contributed by atoms with E-state index in [-0.39, 0.29) is 6.10 Å². The summed E-state index contributed by atoms with van der Waals surface area (Å²) in [5.74, 6) is 0. The number of aliphatic hydroxyl groups is 1. The van der Waals surface area contributed by atoms with Crippen molar-refractivity contribution in [1.29, 1.82) is 0 Å². The predicted octanol–water partition coefficient (Wildman–Crippen LogP) is 1.23. The van der Waals surface area contributed by atoms with Crippen LogP contribution in [0.3, 0.4) is 0 Å². The lowest BCUT2D eigenvalue weighted by molar-refractivity contribution is 0.104. The van der Waals surface area contributed by atoms with Gasteiger partial charge in [-0.1, -0.05) is 24.3 Å². The summed E-state index contributed by atoms with van der Waals surface area (Å²) in [6.45, 7) is 6.02. The third-order valence-corrected chi connectivity index (χ3v) is 4.31. The molecule has 1 aliphatic heterocycles. The van der Waals surface area contributed by atoms with Crippen molar-refractivity contribution in [1.82, 2.24) is 20.4 Å². The van der Waals surface area contributed by atoms with E-state index >= 15 is 0 Å². The van der Waals surface area contributed by atoms with Crippen LogP contribution in [0.4, 0.5) is 0 Å². The largest absolute Gasteiger partial charge is 0.390 e. The van der Waals surface area contributed by atoms with E-state index in [1.807, 2.05) is 13.1 Å². The van der Waals surface area contributed by atoms with E-state index in [1.165, 1.54) is 11.1 Å². The number of rotatable bonds is 6. The van der Waals surface area contributed by atoms with Crippen LogP contribution in [0.25, 0.3) is 0 Å². The minimum absolute atomic E-state index is 0.350. The van der Waals surface area contributed by atoms with E-state index in [1.54, 1.807) is 0 Å². The summed E-state index contributed by atoms with van der Waals surface area (Å²) in [6.07, 6.45) is 2.55. The number of hydrogen-bond donors (Lipinski definition) is 3. The van der Waals surface area contributed by atoms with Gasteiger partial charge in [-0.2, -0.15) is 5.10 Å². The fourth-order valence-corrected chi connectivity index (χ4v) is 3.00. The molecule has 0 radical (unpaired) electrons. The van der Waals surface area contributed by atoms with Crippen LogP contribution in [0.15, 0.2) is 30.5 Å². The van der Waals surface area contributed by atoms with Gasteiger partial charge >= 0.3 is 0 Å². The zero-order valence-corrected chi connectivity index (χ0v) is 13.0. The average molecular weight is 300 g/mol. The number of β-amino-alcohol motifs (C(OH)–C–C–N with tert-alkyl or cyclic N) is 1. The molecule has 0 aliphatic carbocycles. The lowest BCUT2D eigenvalue weighted by Crippen LogP contribution is -2.40. The lowest BCUT2D eigenvalue weighted by Gasteiger charge is -2.30. The van der Waals surface area contributed by atoms with Crippen LogP contribution < -0.4 is 5.32 Å². The van der Waals surface area contributed by atoms with Crippen LogP contribution >= 0.6 is 0 Å².